The third kappa shape index (κ3) is 4.81. The number of hydrogen-bond acceptors (Lipinski definition) is 5. The van der Waals surface area contributed by atoms with Gasteiger partial charge in [-0.15, -0.1) is 0 Å². The van der Waals surface area contributed by atoms with Crippen LogP contribution in [-0.2, 0) is 20.9 Å². The summed E-state index contributed by atoms with van der Waals surface area (Å²) in [4.78, 5) is 26.0. The number of rotatable bonds is 5. The van der Waals surface area contributed by atoms with E-state index in [0.717, 1.165) is 43.7 Å². The SMILES string of the molecule is C[C@H]1OCCN[C@@H]1C(=O)Nc1ccc(CN2CCCC(C(N)=O)C2)cc1. The maximum absolute atomic E-state index is 12.4. The van der Waals surface area contributed by atoms with Crippen molar-refractivity contribution in [3.63, 3.8) is 0 Å². The first kappa shape index (κ1) is 18.8. The lowest BCUT2D eigenvalue weighted by Crippen LogP contribution is -2.53. The standard InChI is InChI=1S/C19H28N4O3/c1-13-17(21-8-10-26-13)19(25)22-16-6-4-14(5-7-16)11-23-9-2-3-15(12-23)18(20)24/h4-7,13,15,17,21H,2-3,8-12H2,1H3,(H2,20,24)(H,22,25)/t13-,15?,17+/m1/s1. The Bertz CT molecular complexity index is 634. The van der Waals surface area contributed by atoms with Crippen molar-refractivity contribution in [1.29, 1.82) is 0 Å². The van der Waals surface area contributed by atoms with Gasteiger partial charge in [-0.1, -0.05) is 12.1 Å². The fourth-order valence-corrected chi connectivity index (χ4v) is 3.63. The molecule has 0 bridgehead atoms. The maximum Gasteiger partial charge on any atom is 0.244 e. The number of nitrogens with one attached hydrogen (secondary N) is 2. The molecule has 3 rings (SSSR count). The highest BCUT2D eigenvalue weighted by Crippen LogP contribution is 2.19. The van der Waals surface area contributed by atoms with Gasteiger partial charge in [-0.2, -0.15) is 0 Å². The molecule has 2 amide bonds. The predicted octanol–water partition coefficient (Wildman–Crippen LogP) is 0.699. The van der Waals surface area contributed by atoms with Crippen molar-refractivity contribution < 1.29 is 14.3 Å². The number of primary amides is 1. The van der Waals surface area contributed by atoms with E-state index in [4.69, 9.17) is 10.5 Å². The van der Waals surface area contributed by atoms with Gasteiger partial charge in [0.2, 0.25) is 11.8 Å². The van der Waals surface area contributed by atoms with Crippen molar-refractivity contribution >= 4 is 17.5 Å². The average Bonchev–Trinajstić information content (AvgIpc) is 2.64. The molecule has 2 saturated heterocycles. The number of nitrogens with two attached hydrogens (primary N) is 1. The Morgan fingerprint density at radius 2 is 2.12 bits per heavy atom. The van der Waals surface area contributed by atoms with E-state index in [2.05, 4.69) is 15.5 Å². The molecule has 7 nitrogen and oxygen atoms in total. The summed E-state index contributed by atoms with van der Waals surface area (Å²) in [5, 5.41) is 6.12. The fraction of sp³-hybridized carbons (Fsp3) is 0.579. The first-order valence-electron chi connectivity index (χ1n) is 9.29. The summed E-state index contributed by atoms with van der Waals surface area (Å²) in [7, 11) is 0. The van der Waals surface area contributed by atoms with E-state index in [9.17, 15) is 9.59 Å². The second kappa shape index (κ2) is 8.62. The molecule has 4 N–H and O–H groups in total. The third-order valence-corrected chi connectivity index (χ3v) is 5.13. The lowest BCUT2D eigenvalue weighted by Gasteiger charge is -2.31. The van der Waals surface area contributed by atoms with Gasteiger partial charge in [-0.3, -0.25) is 14.5 Å². The van der Waals surface area contributed by atoms with E-state index in [-0.39, 0.29) is 29.9 Å². The molecular formula is C19H28N4O3. The number of piperidine rings is 1. The van der Waals surface area contributed by atoms with Crippen molar-refractivity contribution in [2.45, 2.75) is 38.5 Å². The summed E-state index contributed by atoms with van der Waals surface area (Å²) in [6.07, 6.45) is 1.74. The number of carbonyl (C=O) groups excluding carboxylic acids is 2. The van der Waals surface area contributed by atoms with Crippen molar-refractivity contribution in [2.75, 3.05) is 31.6 Å². The maximum atomic E-state index is 12.4. The number of benzene rings is 1. The second-order valence-corrected chi connectivity index (χ2v) is 7.17. The average molecular weight is 360 g/mol. The number of amides is 2. The normalized spacial score (nSPS) is 27.0. The minimum Gasteiger partial charge on any atom is -0.375 e. The minimum atomic E-state index is -0.331. The minimum absolute atomic E-state index is 0.0467. The third-order valence-electron chi connectivity index (χ3n) is 5.13. The summed E-state index contributed by atoms with van der Waals surface area (Å²) in [5.41, 5.74) is 7.36. The monoisotopic (exact) mass is 360 g/mol. The molecule has 26 heavy (non-hydrogen) atoms. The van der Waals surface area contributed by atoms with Gasteiger partial charge in [0, 0.05) is 25.3 Å². The van der Waals surface area contributed by atoms with E-state index in [1.807, 2.05) is 31.2 Å². The van der Waals surface area contributed by atoms with E-state index < -0.39 is 0 Å². The molecule has 2 aliphatic heterocycles. The van der Waals surface area contributed by atoms with Crippen LogP contribution in [0.15, 0.2) is 24.3 Å². The van der Waals surface area contributed by atoms with Gasteiger partial charge < -0.3 is 21.1 Å². The van der Waals surface area contributed by atoms with Crippen molar-refractivity contribution in [1.82, 2.24) is 10.2 Å². The van der Waals surface area contributed by atoms with Gasteiger partial charge in [0.15, 0.2) is 0 Å². The number of nitrogens with zero attached hydrogens (tertiary/aromatic N) is 1. The van der Waals surface area contributed by atoms with E-state index in [1.165, 1.54) is 0 Å². The molecule has 2 heterocycles. The lowest BCUT2D eigenvalue weighted by molar-refractivity contribution is -0.124. The number of carbonyl (C=O) groups is 2. The second-order valence-electron chi connectivity index (χ2n) is 7.17. The highest BCUT2D eigenvalue weighted by molar-refractivity contribution is 5.95. The summed E-state index contributed by atoms with van der Waals surface area (Å²) >= 11 is 0. The Balaban J connectivity index is 1.53. The van der Waals surface area contributed by atoms with Gasteiger partial charge in [-0.25, -0.2) is 0 Å². The fourth-order valence-electron chi connectivity index (χ4n) is 3.63. The Kier molecular flexibility index (Phi) is 6.24. The van der Waals surface area contributed by atoms with Gasteiger partial charge in [0.05, 0.1) is 18.6 Å². The van der Waals surface area contributed by atoms with Gasteiger partial charge in [-0.05, 0) is 44.0 Å². The molecule has 0 saturated carbocycles. The molecule has 7 heteroatoms. The van der Waals surface area contributed by atoms with Crippen molar-refractivity contribution in [3.05, 3.63) is 29.8 Å². The van der Waals surface area contributed by atoms with Gasteiger partial charge in [0.1, 0.15) is 6.04 Å². The molecule has 2 aliphatic rings. The Morgan fingerprint density at radius 3 is 2.81 bits per heavy atom. The topological polar surface area (TPSA) is 96.7 Å². The number of anilines is 1. The molecule has 0 spiro atoms. The molecule has 0 aromatic heterocycles. The Morgan fingerprint density at radius 1 is 1.35 bits per heavy atom. The van der Waals surface area contributed by atoms with Crippen LogP contribution in [-0.4, -0.2) is 55.1 Å². The van der Waals surface area contributed by atoms with Crippen molar-refractivity contribution in [3.8, 4) is 0 Å². The number of hydrogen-bond donors (Lipinski definition) is 3. The number of likely N-dealkylation sites (tertiary alicyclic amines) is 1. The summed E-state index contributed by atoms with van der Waals surface area (Å²) in [5.74, 6) is -0.331. The van der Waals surface area contributed by atoms with E-state index in [1.54, 1.807) is 0 Å². The smallest absolute Gasteiger partial charge is 0.244 e. The van der Waals surface area contributed by atoms with Crippen LogP contribution in [0.2, 0.25) is 0 Å². The van der Waals surface area contributed by atoms with Crippen LogP contribution in [0, 0.1) is 5.92 Å². The van der Waals surface area contributed by atoms with Crippen LogP contribution in [0.25, 0.3) is 0 Å². The van der Waals surface area contributed by atoms with Crippen LogP contribution >= 0.6 is 0 Å². The van der Waals surface area contributed by atoms with Crippen LogP contribution in [0.1, 0.15) is 25.3 Å². The first-order chi connectivity index (χ1) is 12.5. The van der Waals surface area contributed by atoms with E-state index in [0.29, 0.717) is 13.2 Å². The van der Waals surface area contributed by atoms with Gasteiger partial charge >= 0.3 is 0 Å². The summed E-state index contributed by atoms with van der Waals surface area (Å²) in [6, 6.07) is 7.52. The number of ether oxygens (including phenoxy) is 1. The number of morpholine rings is 1. The molecule has 0 radical (unpaired) electrons. The Labute approximate surface area is 154 Å². The highest BCUT2D eigenvalue weighted by atomic mass is 16.5. The van der Waals surface area contributed by atoms with Crippen LogP contribution < -0.4 is 16.4 Å². The van der Waals surface area contributed by atoms with Crippen molar-refractivity contribution in [2.24, 2.45) is 11.7 Å². The lowest BCUT2D eigenvalue weighted by atomic mass is 9.97. The quantitative estimate of drug-likeness (QED) is 0.718. The Hall–Kier alpha value is -1.96. The first-order valence-corrected chi connectivity index (χ1v) is 9.29. The molecule has 1 aromatic carbocycles. The molecule has 1 unspecified atom stereocenters. The molecular weight excluding hydrogens is 332 g/mol. The molecule has 2 fully saturated rings. The van der Waals surface area contributed by atoms with E-state index >= 15 is 0 Å². The van der Waals surface area contributed by atoms with Crippen LogP contribution in [0.5, 0.6) is 0 Å². The largest absolute Gasteiger partial charge is 0.375 e. The molecule has 1 aromatic rings. The zero-order valence-electron chi connectivity index (χ0n) is 15.2. The molecule has 3 atom stereocenters. The summed E-state index contributed by atoms with van der Waals surface area (Å²) < 4.78 is 5.52. The predicted molar refractivity (Wildman–Crippen MR) is 99.5 cm³/mol. The van der Waals surface area contributed by atoms with Gasteiger partial charge in [0.25, 0.3) is 0 Å². The molecule has 0 aliphatic carbocycles. The molecule has 142 valence electrons. The zero-order chi connectivity index (χ0) is 18.5. The zero-order valence-corrected chi connectivity index (χ0v) is 15.2. The van der Waals surface area contributed by atoms with Crippen LogP contribution in [0.3, 0.4) is 0 Å². The van der Waals surface area contributed by atoms with Crippen LogP contribution in [0.4, 0.5) is 5.69 Å². The summed E-state index contributed by atoms with van der Waals surface area (Å²) in [6.45, 7) is 5.70. The highest BCUT2D eigenvalue weighted by Gasteiger charge is 2.28.